The van der Waals surface area contributed by atoms with Crippen molar-refractivity contribution < 1.29 is 23.5 Å². The molecule has 3 aromatic rings. The first-order valence-electron chi connectivity index (χ1n) is 7.89. The molecule has 0 N–H and O–H groups in total. The second-order valence-corrected chi connectivity index (χ2v) is 6.47. The maximum atomic E-state index is 12.0. The van der Waals surface area contributed by atoms with Crippen LogP contribution < -0.4 is 0 Å². The highest BCUT2D eigenvalue weighted by molar-refractivity contribution is 7.13. The number of rotatable bonds is 6. The van der Waals surface area contributed by atoms with Crippen molar-refractivity contribution in [2.24, 2.45) is 0 Å². The lowest BCUT2D eigenvalue weighted by atomic mass is 10.1. The largest absolute Gasteiger partial charge is 0.463 e. The van der Waals surface area contributed by atoms with Gasteiger partial charge in [0.1, 0.15) is 17.4 Å². The SMILES string of the molecule is COC(=O)c1ccc(COC(=O)Cc2csc(-c3cccc(C)c3)n2)o1. The Hall–Kier alpha value is -2.93. The summed E-state index contributed by atoms with van der Waals surface area (Å²) in [6, 6.07) is 11.1. The third-order valence-electron chi connectivity index (χ3n) is 3.57. The zero-order valence-corrected chi connectivity index (χ0v) is 15.2. The van der Waals surface area contributed by atoms with Crippen LogP contribution >= 0.6 is 11.3 Å². The normalized spacial score (nSPS) is 10.5. The predicted molar refractivity (Wildman–Crippen MR) is 95.8 cm³/mol. The Morgan fingerprint density at radius 3 is 2.85 bits per heavy atom. The minimum Gasteiger partial charge on any atom is -0.463 e. The van der Waals surface area contributed by atoms with Crippen LogP contribution in [0.5, 0.6) is 0 Å². The zero-order valence-electron chi connectivity index (χ0n) is 14.4. The van der Waals surface area contributed by atoms with Gasteiger partial charge in [-0.3, -0.25) is 4.79 Å². The number of aromatic nitrogens is 1. The average Bonchev–Trinajstić information content (AvgIpc) is 3.29. The van der Waals surface area contributed by atoms with E-state index in [-0.39, 0.29) is 18.8 Å². The minimum atomic E-state index is -0.575. The highest BCUT2D eigenvalue weighted by Gasteiger charge is 2.14. The lowest BCUT2D eigenvalue weighted by Gasteiger charge is -2.01. The highest BCUT2D eigenvalue weighted by Crippen LogP contribution is 2.24. The van der Waals surface area contributed by atoms with E-state index < -0.39 is 11.9 Å². The predicted octanol–water partition coefficient (Wildman–Crippen LogP) is 3.78. The molecule has 0 radical (unpaired) electrons. The number of hydrogen-bond acceptors (Lipinski definition) is 7. The molecule has 26 heavy (non-hydrogen) atoms. The maximum absolute atomic E-state index is 12.0. The molecule has 0 fully saturated rings. The fraction of sp³-hybridized carbons (Fsp3) is 0.211. The molecule has 0 unspecified atom stereocenters. The van der Waals surface area contributed by atoms with Crippen molar-refractivity contribution in [1.82, 2.24) is 4.98 Å². The molecule has 2 heterocycles. The number of esters is 2. The standard InChI is InChI=1S/C19H17NO5S/c1-12-4-3-5-13(8-12)18-20-14(11-26-18)9-17(21)24-10-15-6-7-16(25-15)19(22)23-2/h3-8,11H,9-10H2,1-2H3. The fourth-order valence-electron chi connectivity index (χ4n) is 2.32. The van der Waals surface area contributed by atoms with E-state index in [1.54, 1.807) is 6.07 Å². The monoisotopic (exact) mass is 371 g/mol. The summed E-state index contributed by atoms with van der Waals surface area (Å²) in [6.07, 6.45) is 0.0763. The van der Waals surface area contributed by atoms with Crippen LogP contribution in [0, 0.1) is 6.92 Å². The first kappa shape index (κ1) is 17.9. The van der Waals surface area contributed by atoms with E-state index in [0.29, 0.717) is 11.5 Å². The van der Waals surface area contributed by atoms with E-state index in [4.69, 9.17) is 9.15 Å². The van der Waals surface area contributed by atoms with Crippen LogP contribution in [0.15, 0.2) is 46.2 Å². The smallest absolute Gasteiger partial charge is 0.373 e. The van der Waals surface area contributed by atoms with Gasteiger partial charge in [-0.1, -0.05) is 23.8 Å². The van der Waals surface area contributed by atoms with Gasteiger partial charge in [-0.25, -0.2) is 9.78 Å². The molecule has 0 aliphatic carbocycles. The summed E-state index contributed by atoms with van der Waals surface area (Å²) in [6.45, 7) is 1.97. The number of thiazole rings is 1. The molecule has 1 aromatic carbocycles. The summed E-state index contributed by atoms with van der Waals surface area (Å²) in [5.74, 6) is -0.547. The average molecular weight is 371 g/mol. The topological polar surface area (TPSA) is 78.6 Å². The van der Waals surface area contributed by atoms with Crippen LogP contribution in [-0.2, 0) is 27.3 Å². The lowest BCUT2D eigenvalue weighted by Crippen LogP contribution is -2.08. The number of nitrogens with zero attached hydrogens (tertiary/aromatic N) is 1. The molecule has 0 bridgehead atoms. The quantitative estimate of drug-likeness (QED) is 0.614. The van der Waals surface area contributed by atoms with Crippen molar-refractivity contribution in [3.63, 3.8) is 0 Å². The highest BCUT2D eigenvalue weighted by atomic mass is 32.1. The van der Waals surface area contributed by atoms with Gasteiger partial charge in [0.05, 0.1) is 19.2 Å². The summed E-state index contributed by atoms with van der Waals surface area (Å²) < 4.78 is 15.0. The van der Waals surface area contributed by atoms with Gasteiger partial charge >= 0.3 is 11.9 Å². The molecule has 0 atom stereocenters. The second-order valence-electron chi connectivity index (χ2n) is 5.61. The van der Waals surface area contributed by atoms with Crippen molar-refractivity contribution in [1.29, 1.82) is 0 Å². The third-order valence-corrected chi connectivity index (χ3v) is 4.51. The molecule has 0 aliphatic rings. The van der Waals surface area contributed by atoms with E-state index in [1.165, 1.54) is 24.5 Å². The Morgan fingerprint density at radius 1 is 1.23 bits per heavy atom. The molecule has 3 rings (SSSR count). The molecule has 0 spiro atoms. The Bertz CT molecular complexity index is 927. The van der Waals surface area contributed by atoms with Crippen LogP contribution in [0.25, 0.3) is 10.6 Å². The molecule has 7 heteroatoms. The van der Waals surface area contributed by atoms with Crippen LogP contribution in [0.1, 0.15) is 27.6 Å². The molecule has 0 saturated carbocycles. The third kappa shape index (κ3) is 4.37. The molecule has 0 saturated heterocycles. The maximum Gasteiger partial charge on any atom is 0.373 e. The minimum absolute atomic E-state index is 0.0509. The van der Waals surface area contributed by atoms with Gasteiger partial charge in [0, 0.05) is 10.9 Å². The molecular formula is C19H17NO5S. The number of carbonyl (C=O) groups excluding carboxylic acids is 2. The van der Waals surface area contributed by atoms with Gasteiger partial charge in [0.15, 0.2) is 0 Å². The van der Waals surface area contributed by atoms with Gasteiger partial charge in [0.2, 0.25) is 5.76 Å². The van der Waals surface area contributed by atoms with Crippen LogP contribution in [0.4, 0.5) is 0 Å². The van der Waals surface area contributed by atoms with Crippen molar-refractivity contribution in [2.45, 2.75) is 20.0 Å². The van der Waals surface area contributed by atoms with Gasteiger partial charge in [-0.15, -0.1) is 11.3 Å². The Balaban J connectivity index is 1.55. The summed E-state index contributed by atoms with van der Waals surface area (Å²) in [5.41, 5.74) is 2.84. The van der Waals surface area contributed by atoms with Gasteiger partial charge < -0.3 is 13.9 Å². The number of carbonyl (C=O) groups is 2. The first-order valence-corrected chi connectivity index (χ1v) is 8.77. The Kier molecular flexibility index (Phi) is 5.48. The summed E-state index contributed by atoms with van der Waals surface area (Å²) in [4.78, 5) is 27.8. The van der Waals surface area contributed by atoms with Crippen molar-refractivity contribution in [2.75, 3.05) is 7.11 Å². The van der Waals surface area contributed by atoms with E-state index in [1.807, 2.05) is 30.5 Å². The number of ether oxygens (including phenoxy) is 2. The van der Waals surface area contributed by atoms with Crippen LogP contribution in [-0.4, -0.2) is 24.0 Å². The van der Waals surface area contributed by atoms with Gasteiger partial charge in [-0.2, -0.15) is 0 Å². The van der Waals surface area contributed by atoms with Crippen molar-refractivity contribution in [3.05, 3.63) is 64.6 Å². The van der Waals surface area contributed by atoms with E-state index in [9.17, 15) is 9.59 Å². The number of benzene rings is 1. The van der Waals surface area contributed by atoms with Crippen molar-refractivity contribution >= 4 is 23.3 Å². The summed E-state index contributed by atoms with van der Waals surface area (Å²) in [5, 5.41) is 2.71. The number of hydrogen-bond donors (Lipinski definition) is 0. The lowest BCUT2D eigenvalue weighted by molar-refractivity contribution is -0.144. The first-order chi connectivity index (χ1) is 12.5. The van der Waals surface area contributed by atoms with E-state index in [2.05, 4.69) is 15.8 Å². The molecule has 0 aliphatic heterocycles. The molecule has 2 aromatic heterocycles. The van der Waals surface area contributed by atoms with Crippen LogP contribution in [0.3, 0.4) is 0 Å². The molecule has 0 amide bonds. The summed E-state index contributed by atoms with van der Waals surface area (Å²) >= 11 is 1.49. The van der Waals surface area contributed by atoms with Gasteiger partial charge in [-0.05, 0) is 25.1 Å². The van der Waals surface area contributed by atoms with E-state index >= 15 is 0 Å². The second kappa shape index (κ2) is 7.97. The Morgan fingerprint density at radius 2 is 2.08 bits per heavy atom. The molecule has 134 valence electrons. The van der Waals surface area contributed by atoms with Crippen molar-refractivity contribution in [3.8, 4) is 10.6 Å². The van der Waals surface area contributed by atoms with E-state index in [0.717, 1.165) is 16.1 Å². The number of aryl methyl sites for hydroxylation is 1. The molecular weight excluding hydrogens is 354 g/mol. The van der Waals surface area contributed by atoms with Gasteiger partial charge in [0.25, 0.3) is 0 Å². The Labute approximate surface area is 154 Å². The number of furan rings is 1. The van der Waals surface area contributed by atoms with Crippen LogP contribution in [0.2, 0.25) is 0 Å². The summed E-state index contributed by atoms with van der Waals surface area (Å²) in [7, 11) is 1.27. The fourth-order valence-corrected chi connectivity index (χ4v) is 3.13. The number of methoxy groups -OCH3 is 1. The zero-order chi connectivity index (χ0) is 18.5. The molecule has 6 nitrogen and oxygen atoms in total.